The number of aliphatic hydroxyl groups excluding tert-OH is 1. The number of esters is 1. The largest absolute Gasteiger partial charge is 0.496 e. The molecule has 0 saturated carbocycles. The third-order valence-electron chi connectivity index (χ3n) is 2.55. The van der Waals surface area contributed by atoms with Crippen molar-refractivity contribution in [3.63, 3.8) is 0 Å². The quantitative estimate of drug-likeness (QED) is 0.598. The molecule has 0 aliphatic carbocycles. The number of ether oxygens (including phenoxy) is 2. The van der Waals surface area contributed by atoms with Gasteiger partial charge in [-0.3, -0.25) is 0 Å². The Morgan fingerprint density at radius 2 is 2.26 bits per heavy atom. The van der Waals surface area contributed by atoms with E-state index in [1.807, 2.05) is 0 Å². The molecular formula is C14H19NO4. The van der Waals surface area contributed by atoms with Crippen LogP contribution in [0.5, 0.6) is 5.75 Å². The van der Waals surface area contributed by atoms with Crippen molar-refractivity contribution < 1.29 is 19.4 Å². The normalized spacial score (nSPS) is 12.4. The maximum absolute atomic E-state index is 11.2. The van der Waals surface area contributed by atoms with Gasteiger partial charge < -0.3 is 20.3 Å². The van der Waals surface area contributed by atoms with E-state index in [2.05, 4.69) is 0 Å². The fraction of sp³-hybridized carbons (Fsp3) is 0.357. The Kier molecular flexibility index (Phi) is 6.05. The van der Waals surface area contributed by atoms with Gasteiger partial charge in [0, 0.05) is 11.6 Å². The van der Waals surface area contributed by atoms with E-state index < -0.39 is 12.0 Å². The molecule has 0 aliphatic heterocycles. The molecule has 104 valence electrons. The van der Waals surface area contributed by atoms with Crippen LogP contribution in [0.3, 0.4) is 0 Å². The maximum atomic E-state index is 11.2. The third kappa shape index (κ3) is 4.39. The van der Waals surface area contributed by atoms with Gasteiger partial charge in [-0.15, -0.1) is 0 Å². The summed E-state index contributed by atoms with van der Waals surface area (Å²) in [5, 5.41) is 9.06. The Morgan fingerprint density at radius 3 is 2.84 bits per heavy atom. The number of hydrogen-bond donors (Lipinski definition) is 2. The first-order valence-corrected chi connectivity index (χ1v) is 6.01. The molecule has 1 rings (SSSR count). The highest BCUT2D eigenvalue weighted by Gasteiger charge is 2.10. The Balaban J connectivity index is 2.91. The molecule has 1 atom stereocenters. The molecule has 3 N–H and O–H groups in total. The van der Waals surface area contributed by atoms with Crippen LogP contribution in [0.2, 0.25) is 0 Å². The number of rotatable bonds is 6. The van der Waals surface area contributed by atoms with Crippen LogP contribution in [0.25, 0.3) is 6.08 Å². The number of aliphatic hydroxyl groups is 1. The van der Waals surface area contributed by atoms with Crippen molar-refractivity contribution in [3.8, 4) is 5.75 Å². The average Bonchev–Trinajstić information content (AvgIpc) is 2.44. The second kappa shape index (κ2) is 7.56. The highest BCUT2D eigenvalue weighted by molar-refractivity contribution is 5.87. The highest BCUT2D eigenvalue weighted by atomic mass is 16.5. The van der Waals surface area contributed by atoms with Crippen LogP contribution in [-0.4, -0.2) is 31.4 Å². The minimum atomic E-state index is -0.488. The molecule has 0 saturated heterocycles. The van der Waals surface area contributed by atoms with E-state index in [9.17, 15) is 4.79 Å². The number of carbonyl (C=O) groups is 1. The van der Waals surface area contributed by atoms with Crippen molar-refractivity contribution >= 4 is 12.0 Å². The SMILES string of the molecule is CCOC(=O)C=Cc1ccc(C(N)CO)c(OC)c1. The number of carbonyl (C=O) groups excluding carboxylic acids is 1. The van der Waals surface area contributed by atoms with Crippen LogP contribution in [0, 0.1) is 0 Å². The predicted molar refractivity (Wildman–Crippen MR) is 72.7 cm³/mol. The zero-order valence-corrected chi connectivity index (χ0v) is 11.1. The Labute approximate surface area is 112 Å². The van der Waals surface area contributed by atoms with Gasteiger partial charge in [-0.2, -0.15) is 0 Å². The standard InChI is InChI=1S/C14H19NO4/c1-3-19-14(17)7-5-10-4-6-11(12(15)9-16)13(8-10)18-2/h4-8,12,16H,3,9,15H2,1-2H3. The van der Waals surface area contributed by atoms with Gasteiger partial charge in [0.1, 0.15) is 5.75 Å². The summed E-state index contributed by atoms with van der Waals surface area (Å²) in [6.45, 7) is 1.94. The van der Waals surface area contributed by atoms with Crippen LogP contribution in [-0.2, 0) is 9.53 Å². The summed E-state index contributed by atoms with van der Waals surface area (Å²) in [6.07, 6.45) is 2.98. The summed E-state index contributed by atoms with van der Waals surface area (Å²) >= 11 is 0. The summed E-state index contributed by atoms with van der Waals surface area (Å²) in [5.41, 5.74) is 7.27. The lowest BCUT2D eigenvalue weighted by Gasteiger charge is -2.13. The fourth-order valence-corrected chi connectivity index (χ4v) is 1.59. The van der Waals surface area contributed by atoms with Gasteiger partial charge in [0.2, 0.25) is 0 Å². The first-order valence-electron chi connectivity index (χ1n) is 6.01. The zero-order chi connectivity index (χ0) is 14.3. The minimum absolute atomic E-state index is 0.158. The monoisotopic (exact) mass is 265 g/mol. The van der Waals surface area contributed by atoms with Crippen LogP contribution in [0.15, 0.2) is 24.3 Å². The second-order valence-electron chi connectivity index (χ2n) is 3.88. The second-order valence-corrected chi connectivity index (χ2v) is 3.88. The van der Waals surface area contributed by atoms with Gasteiger partial charge in [0.15, 0.2) is 0 Å². The summed E-state index contributed by atoms with van der Waals surface area (Å²) < 4.78 is 10.0. The van der Waals surface area contributed by atoms with Crippen molar-refractivity contribution in [3.05, 3.63) is 35.4 Å². The van der Waals surface area contributed by atoms with E-state index in [1.54, 1.807) is 31.2 Å². The van der Waals surface area contributed by atoms with Gasteiger partial charge in [-0.1, -0.05) is 12.1 Å². The molecule has 0 aromatic heterocycles. The van der Waals surface area contributed by atoms with Crippen molar-refractivity contribution in [1.29, 1.82) is 0 Å². The lowest BCUT2D eigenvalue weighted by Crippen LogP contribution is -2.15. The molecule has 0 fully saturated rings. The molecule has 1 unspecified atom stereocenters. The number of benzene rings is 1. The number of hydrogen-bond acceptors (Lipinski definition) is 5. The molecule has 0 spiro atoms. The molecule has 0 aliphatic rings. The van der Waals surface area contributed by atoms with E-state index in [1.165, 1.54) is 13.2 Å². The molecular weight excluding hydrogens is 246 g/mol. The number of methoxy groups -OCH3 is 1. The van der Waals surface area contributed by atoms with Crippen LogP contribution in [0.1, 0.15) is 24.1 Å². The average molecular weight is 265 g/mol. The maximum Gasteiger partial charge on any atom is 0.330 e. The molecule has 0 bridgehead atoms. The van der Waals surface area contributed by atoms with E-state index >= 15 is 0 Å². The summed E-state index contributed by atoms with van der Waals surface area (Å²) in [7, 11) is 1.53. The Bertz CT molecular complexity index is 457. The van der Waals surface area contributed by atoms with Crippen molar-refractivity contribution in [1.82, 2.24) is 0 Å². The Hall–Kier alpha value is -1.85. The van der Waals surface area contributed by atoms with Crippen LogP contribution in [0.4, 0.5) is 0 Å². The van der Waals surface area contributed by atoms with Crippen molar-refractivity contribution in [2.45, 2.75) is 13.0 Å². The first kappa shape index (κ1) is 15.2. The molecule has 0 heterocycles. The summed E-state index contributed by atoms with van der Waals surface area (Å²) in [4.78, 5) is 11.2. The van der Waals surface area contributed by atoms with E-state index in [0.29, 0.717) is 12.4 Å². The Morgan fingerprint density at radius 1 is 1.53 bits per heavy atom. The lowest BCUT2D eigenvalue weighted by atomic mass is 10.0. The molecule has 1 aromatic rings. The van der Waals surface area contributed by atoms with E-state index in [-0.39, 0.29) is 6.61 Å². The highest BCUT2D eigenvalue weighted by Crippen LogP contribution is 2.25. The molecule has 5 heteroatoms. The smallest absolute Gasteiger partial charge is 0.330 e. The van der Waals surface area contributed by atoms with Crippen LogP contribution >= 0.6 is 0 Å². The molecule has 0 radical (unpaired) electrons. The molecule has 1 aromatic carbocycles. The third-order valence-corrected chi connectivity index (χ3v) is 2.55. The van der Waals surface area contributed by atoms with Gasteiger partial charge in [0.05, 0.1) is 26.4 Å². The van der Waals surface area contributed by atoms with Crippen molar-refractivity contribution in [2.24, 2.45) is 5.73 Å². The topological polar surface area (TPSA) is 81.8 Å². The van der Waals surface area contributed by atoms with Gasteiger partial charge in [0.25, 0.3) is 0 Å². The lowest BCUT2D eigenvalue weighted by molar-refractivity contribution is -0.137. The molecule has 19 heavy (non-hydrogen) atoms. The first-order chi connectivity index (χ1) is 9.12. The molecule has 0 amide bonds. The van der Waals surface area contributed by atoms with Gasteiger partial charge >= 0.3 is 5.97 Å². The van der Waals surface area contributed by atoms with Crippen LogP contribution < -0.4 is 10.5 Å². The predicted octanol–water partition coefficient (Wildman–Crippen LogP) is 1.26. The zero-order valence-electron chi connectivity index (χ0n) is 11.1. The van der Waals surface area contributed by atoms with Crippen molar-refractivity contribution in [2.75, 3.05) is 20.3 Å². The van der Waals surface area contributed by atoms with E-state index in [4.69, 9.17) is 20.3 Å². The molecule has 5 nitrogen and oxygen atoms in total. The van der Waals surface area contributed by atoms with E-state index in [0.717, 1.165) is 11.1 Å². The summed E-state index contributed by atoms with van der Waals surface area (Å²) in [6, 6.07) is 4.83. The summed E-state index contributed by atoms with van der Waals surface area (Å²) in [5.74, 6) is 0.185. The number of nitrogens with two attached hydrogens (primary N) is 1. The minimum Gasteiger partial charge on any atom is -0.496 e. The van der Waals surface area contributed by atoms with Gasteiger partial charge in [-0.05, 0) is 24.6 Å². The van der Waals surface area contributed by atoms with Gasteiger partial charge in [-0.25, -0.2) is 4.79 Å². The fourth-order valence-electron chi connectivity index (χ4n) is 1.59.